The molecule has 0 radical (unpaired) electrons. The predicted molar refractivity (Wildman–Crippen MR) is 66.5 cm³/mol. The first kappa shape index (κ1) is 13.5. The van der Waals surface area contributed by atoms with E-state index >= 15 is 0 Å². The number of benzene rings is 1. The van der Waals surface area contributed by atoms with Gasteiger partial charge in [0.15, 0.2) is 0 Å². The molecule has 1 amide bonds. The van der Waals surface area contributed by atoms with E-state index < -0.39 is 23.7 Å². The van der Waals surface area contributed by atoms with Crippen LogP contribution in [0.1, 0.15) is 15.9 Å². The molecule has 0 spiro atoms. The molecule has 0 bridgehead atoms. The Morgan fingerprint density at radius 1 is 1.47 bits per heavy atom. The Hall–Kier alpha value is -1.95. The van der Waals surface area contributed by atoms with Crippen molar-refractivity contribution < 1.29 is 19.1 Å². The quantitative estimate of drug-likeness (QED) is 0.824. The molecule has 2 N–H and O–H groups in total. The number of aryl methyl sites for hydroxylation is 1. The fourth-order valence-electron chi connectivity index (χ4n) is 2.12. The lowest BCUT2D eigenvalue weighted by Gasteiger charge is -2.33. The molecular formula is C13H15FN2O3. The van der Waals surface area contributed by atoms with Gasteiger partial charge < -0.3 is 15.3 Å². The Balaban J connectivity index is 2.28. The molecule has 1 aromatic carbocycles. The van der Waals surface area contributed by atoms with Crippen molar-refractivity contribution in [3.8, 4) is 0 Å². The van der Waals surface area contributed by atoms with Crippen molar-refractivity contribution in [3.05, 3.63) is 35.1 Å². The van der Waals surface area contributed by atoms with Gasteiger partial charge in [0.1, 0.15) is 11.9 Å². The van der Waals surface area contributed by atoms with Crippen LogP contribution >= 0.6 is 0 Å². The molecular weight excluding hydrogens is 251 g/mol. The number of carbonyl (C=O) groups excluding carboxylic acids is 1. The van der Waals surface area contributed by atoms with Gasteiger partial charge in [0.25, 0.3) is 5.91 Å². The molecule has 1 unspecified atom stereocenters. The van der Waals surface area contributed by atoms with Gasteiger partial charge in [0.2, 0.25) is 0 Å². The smallest absolute Gasteiger partial charge is 0.327 e. The monoisotopic (exact) mass is 266 g/mol. The maximum Gasteiger partial charge on any atom is 0.327 e. The highest BCUT2D eigenvalue weighted by Gasteiger charge is 2.33. The Labute approximate surface area is 110 Å². The summed E-state index contributed by atoms with van der Waals surface area (Å²) in [6.45, 7) is 2.66. The van der Waals surface area contributed by atoms with Crippen molar-refractivity contribution >= 4 is 11.9 Å². The van der Waals surface area contributed by atoms with Crippen LogP contribution in [0.5, 0.6) is 0 Å². The van der Waals surface area contributed by atoms with Crippen LogP contribution < -0.4 is 5.32 Å². The Bertz CT molecular complexity index is 519. The summed E-state index contributed by atoms with van der Waals surface area (Å²) in [5.74, 6) is -2.29. The number of hydrogen-bond donors (Lipinski definition) is 2. The van der Waals surface area contributed by atoms with E-state index in [0.29, 0.717) is 12.1 Å². The van der Waals surface area contributed by atoms with Crippen LogP contribution in [0.2, 0.25) is 0 Å². The van der Waals surface area contributed by atoms with Gasteiger partial charge in [0, 0.05) is 19.6 Å². The number of nitrogens with zero attached hydrogens (tertiary/aromatic N) is 1. The number of amides is 1. The fourth-order valence-corrected chi connectivity index (χ4v) is 2.12. The molecule has 1 atom stereocenters. The third kappa shape index (κ3) is 2.73. The first-order valence-corrected chi connectivity index (χ1v) is 6.01. The SMILES string of the molecule is Cc1ccc(C(=O)N2CCNCC2C(=O)O)c(F)c1. The number of piperazine rings is 1. The molecule has 0 saturated carbocycles. The summed E-state index contributed by atoms with van der Waals surface area (Å²) in [5.41, 5.74) is 0.628. The van der Waals surface area contributed by atoms with E-state index in [1.165, 1.54) is 17.0 Å². The van der Waals surface area contributed by atoms with Crippen molar-refractivity contribution in [2.75, 3.05) is 19.6 Å². The molecule has 1 saturated heterocycles. The second-order valence-electron chi connectivity index (χ2n) is 4.54. The summed E-state index contributed by atoms with van der Waals surface area (Å²) in [6.07, 6.45) is 0. The molecule has 1 heterocycles. The van der Waals surface area contributed by atoms with Crippen molar-refractivity contribution in [3.63, 3.8) is 0 Å². The number of carbonyl (C=O) groups is 2. The number of carboxylic acids is 1. The summed E-state index contributed by atoms with van der Waals surface area (Å²) in [5, 5.41) is 12.0. The van der Waals surface area contributed by atoms with Gasteiger partial charge in [-0.25, -0.2) is 9.18 Å². The summed E-state index contributed by atoms with van der Waals surface area (Å²) < 4.78 is 13.8. The molecule has 6 heteroatoms. The molecule has 1 fully saturated rings. The minimum absolute atomic E-state index is 0.0845. The molecule has 1 aliphatic rings. The van der Waals surface area contributed by atoms with E-state index in [-0.39, 0.29) is 18.7 Å². The fraction of sp³-hybridized carbons (Fsp3) is 0.385. The molecule has 0 aromatic heterocycles. The molecule has 1 aromatic rings. The highest BCUT2D eigenvalue weighted by atomic mass is 19.1. The lowest BCUT2D eigenvalue weighted by molar-refractivity contribution is -0.142. The second kappa shape index (κ2) is 5.36. The van der Waals surface area contributed by atoms with E-state index in [4.69, 9.17) is 5.11 Å². The average Bonchev–Trinajstić information content (AvgIpc) is 2.38. The van der Waals surface area contributed by atoms with Crippen molar-refractivity contribution in [1.82, 2.24) is 10.2 Å². The molecule has 102 valence electrons. The summed E-state index contributed by atoms with van der Waals surface area (Å²) in [4.78, 5) is 24.6. The predicted octanol–water partition coefficient (Wildman–Crippen LogP) is 0.633. The van der Waals surface area contributed by atoms with E-state index in [2.05, 4.69) is 5.32 Å². The molecule has 1 aliphatic heterocycles. The first-order chi connectivity index (χ1) is 9.00. The lowest BCUT2D eigenvalue weighted by atomic mass is 10.1. The maximum atomic E-state index is 13.8. The zero-order chi connectivity index (χ0) is 14.0. The lowest BCUT2D eigenvalue weighted by Crippen LogP contribution is -2.57. The largest absolute Gasteiger partial charge is 0.480 e. The van der Waals surface area contributed by atoms with E-state index in [9.17, 15) is 14.0 Å². The number of rotatable bonds is 2. The van der Waals surface area contributed by atoms with Crippen LogP contribution in [0.15, 0.2) is 18.2 Å². The zero-order valence-corrected chi connectivity index (χ0v) is 10.5. The van der Waals surface area contributed by atoms with Crippen molar-refractivity contribution in [2.24, 2.45) is 0 Å². The van der Waals surface area contributed by atoms with Gasteiger partial charge in [0.05, 0.1) is 5.56 Å². The Morgan fingerprint density at radius 2 is 2.21 bits per heavy atom. The summed E-state index contributed by atoms with van der Waals surface area (Å²) in [6, 6.07) is 3.34. The van der Waals surface area contributed by atoms with Crippen molar-refractivity contribution in [1.29, 1.82) is 0 Å². The van der Waals surface area contributed by atoms with E-state index in [0.717, 1.165) is 0 Å². The van der Waals surface area contributed by atoms with Gasteiger partial charge in [-0.2, -0.15) is 0 Å². The summed E-state index contributed by atoms with van der Waals surface area (Å²) in [7, 11) is 0. The number of aliphatic carboxylic acids is 1. The van der Waals surface area contributed by atoms with E-state index in [1.54, 1.807) is 13.0 Å². The van der Waals surface area contributed by atoms with Gasteiger partial charge in [-0.15, -0.1) is 0 Å². The second-order valence-corrected chi connectivity index (χ2v) is 4.54. The minimum atomic E-state index is -1.09. The van der Waals surface area contributed by atoms with Crippen LogP contribution in [-0.4, -0.2) is 47.6 Å². The normalized spacial score (nSPS) is 19.3. The highest BCUT2D eigenvalue weighted by molar-refractivity contribution is 5.97. The number of hydrogen-bond acceptors (Lipinski definition) is 3. The van der Waals surface area contributed by atoms with Gasteiger partial charge in [-0.1, -0.05) is 6.07 Å². The van der Waals surface area contributed by atoms with Crippen LogP contribution in [-0.2, 0) is 4.79 Å². The third-order valence-electron chi connectivity index (χ3n) is 3.14. The number of nitrogens with one attached hydrogen (secondary N) is 1. The highest BCUT2D eigenvalue weighted by Crippen LogP contribution is 2.15. The minimum Gasteiger partial charge on any atom is -0.480 e. The maximum absolute atomic E-state index is 13.8. The zero-order valence-electron chi connectivity index (χ0n) is 10.5. The third-order valence-corrected chi connectivity index (χ3v) is 3.14. The van der Waals surface area contributed by atoms with Gasteiger partial charge >= 0.3 is 5.97 Å². The topological polar surface area (TPSA) is 69.6 Å². The number of carboxylic acid groups (broad SMARTS) is 1. The standard InChI is InChI=1S/C13H15FN2O3/c1-8-2-3-9(10(14)6-8)12(17)16-5-4-15-7-11(16)13(18)19/h2-3,6,11,15H,4-5,7H2,1H3,(H,18,19). The van der Waals surface area contributed by atoms with Crippen LogP contribution in [0.25, 0.3) is 0 Å². The van der Waals surface area contributed by atoms with Gasteiger partial charge in [-0.05, 0) is 24.6 Å². The van der Waals surface area contributed by atoms with Crippen LogP contribution in [0.3, 0.4) is 0 Å². The Morgan fingerprint density at radius 3 is 2.84 bits per heavy atom. The van der Waals surface area contributed by atoms with Crippen LogP contribution in [0.4, 0.5) is 4.39 Å². The molecule has 19 heavy (non-hydrogen) atoms. The van der Waals surface area contributed by atoms with Crippen LogP contribution in [0, 0.1) is 12.7 Å². The number of halogens is 1. The Kier molecular flexibility index (Phi) is 3.80. The van der Waals surface area contributed by atoms with Crippen molar-refractivity contribution in [2.45, 2.75) is 13.0 Å². The molecule has 0 aliphatic carbocycles. The summed E-state index contributed by atoms with van der Waals surface area (Å²) >= 11 is 0. The average molecular weight is 266 g/mol. The molecule has 5 nitrogen and oxygen atoms in total. The van der Waals surface area contributed by atoms with Gasteiger partial charge in [-0.3, -0.25) is 4.79 Å². The van der Waals surface area contributed by atoms with E-state index in [1.807, 2.05) is 0 Å². The first-order valence-electron chi connectivity index (χ1n) is 6.01. The molecule has 2 rings (SSSR count).